The Morgan fingerprint density at radius 1 is 0.600 bits per heavy atom. The second-order valence-electron chi connectivity index (χ2n) is 6.63. The molecule has 0 aliphatic heterocycles. The van der Waals surface area contributed by atoms with E-state index in [1.165, 1.54) is 0 Å². The molecule has 204 valence electrons. The number of hydrogen-bond acceptors (Lipinski definition) is 2. The van der Waals surface area contributed by atoms with Crippen LogP contribution >= 0.6 is 23.2 Å². The Balaban J connectivity index is 3.83. The van der Waals surface area contributed by atoms with Gasteiger partial charge in [0.1, 0.15) is 0 Å². The molecule has 0 fully saturated rings. The summed E-state index contributed by atoms with van der Waals surface area (Å²) >= 11 is 9.79. The van der Waals surface area contributed by atoms with Crippen LogP contribution in [0.3, 0.4) is 0 Å². The van der Waals surface area contributed by atoms with Gasteiger partial charge in [0.05, 0.1) is 10.1 Å². The first-order chi connectivity index (χ1) is 14.9. The quantitative estimate of drug-likeness (QED) is 0.338. The Bertz CT molecular complexity index is 949. The Morgan fingerprint density at radius 2 is 0.914 bits per heavy atom. The molecule has 21 heteroatoms. The van der Waals surface area contributed by atoms with E-state index in [1.54, 1.807) is 0 Å². The molecule has 1 aliphatic carbocycles. The molecule has 0 bridgehead atoms. The Hall–Kier alpha value is -1.50. The molecular formula is C14H3Cl2F17O2. The zero-order valence-corrected chi connectivity index (χ0v) is 16.7. The molecule has 0 aromatic heterocycles. The third kappa shape index (κ3) is 3.77. The number of ketones is 1. The highest BCUT2D eigenvalue weighted by molar-refractivity contribution is 6.46. The van der Waals surface area contributed by atoms with Crippen molar-refractivity contribution in [2.24, 2.45) is 0 Å². The minimum Gasteiger partial charge on any atom is -0.374 e. The van der Waals surface area contributed by atoms with Crippen molar-refractivity contribution in [3.05, 3.63) is 22.2 Å². The number of carbonyl (C=O) groups excluding carboxylic acids is 1. The largest absolute Gasteiger partial charge is 0.460 e. The van der Waals surface area contributed by atoms with Gasteiger partial charge in [-0.15, -0.1) is 0 Å². The topological polar surface area (TPSA) is 37.3 Å². The van der Waals surface area contributed by atoms with Crippen LogP contribution in [0.4, 0.5) is 74.6 Å². The average Bonchev–Trinajstić information content (AvgIpc) is 2.64. The van der Waals surface area contributed by atoms with Crippen molar-refractivity contribution < 1.29 is 84.5 Å². The van der Waals surface area contributed by atoms with Gasteiger partial charge in [-0.25, -0.2) is 0 Å². The summed E-state index contributed by atoms with van der Waals surface area (Å²) in [6.45, 7) is 0. The van der Waals surface area contributed by atoms with Gasteiger partial charge in [0.15, 0.2) is 11.4 Å². The van der Waals surface area contributed by atoms with Gasteiger partial charge in [-0.2, -0.15) is 74.6 Å². The first kappa shape index (κ1) is 31.5. The molecule has 0 aromatic carbocycles. The molecule has 0 amide bonds. The van der Waals surface area contributed by atoms with E-state index in [9.17, 15) is 84.5 Å². The maximum absolute atomic E-state index is 14.2. The number of rotatable bonds is 7. The molecule has 0 aromatic rings. The molecule has 1 unspecified atom stereocenters. The van der Waals surface area contributed by atoms with Gasteiger partial charge in [0.2, 0.25) is 0 Å². The second-order valence-corrected chi connectivity index (χ2v) is 7.45. The second kappa shape index (κ2) is 8.00. The summed E-state index contributed by atoms with van der Waals surface area (Å²) in [5.74, 6) is -60.5. The van der Waals surface area contributed by atoms with Gasteiger partial charge in [-0.1, -0.05) is 23.2 Å². The fourth-order valence-corrected chi connectivity index (χ4v) is 2.75. The minimum atomic E-state index is -8.82. The van der Waals surface area contributed by atoms with Crippen LogP contribution in [-0.4, -0.2) is 64.1 Å². The number of allylic oxidation sites excluding steroid dienone is 2. The highest BCUT2D eigenvalue weighted by atomic mass is 35.5. The van der Waals surface area contributed by atoms with E-state index in [0.29, 0.717) is 0 Å². The molecule has 0 radical (unpaired) electrons. The average molecular weight is 597 g/mol. The Morgan fingerprint density at radius 3 is 1.26 bits per heavy atom. The van der Waals surface area contributed by atoms with Crippen molar-refractivity contribution in [1.82, 2.24) is 0 Å². The van der Waals surface area contributed by atoms with Crippen molar-refractivity contribution in [2.75, 3.05) is 0 Å². The van der Waals surface area contributed by atoms with E-state index in [1.807, 2.05) is 0 Å². The van der Waals surface area contributed by atoms with Crippen molar-refractivity contribution >= 4 is 29.0 Å². The summed E-state index contributed by atoms with van der Waals surface area (Å²) in [6.07, 6.45) is -9.32. The van der Waals surface area contributed by atoms with Crippen LogP contribution in [0.5, 0.6) is 0 Å². The lowest BCUT2D eigenvalue weighted by Gasteiger charge is -2.45. The molecule has 1 N–H and O–H groups in total. The fourth-order valence-electron chi connectivity index (χ4n) is 2.26. The zero-order valence-electron chi connectivity index (χ0n) is 15.2. The minimum absolute atomic E-state index is 0.475. The predicted octanol–water partition coefficient (Wildman–Crippen LogP) is 6.56. The SMILES string of the molecule is O=C1C=C(Cl)C(O)(C(F)(F)C(F)(F)C(F)(F)C(F)(F)C(F)(F)C(F)(F)C(F)(F)C(F)(F)F)C=C1Cl. The molecule has 1 rings (SSSR count). The maximum Gasteiger partial charge on any atom is 0.460 e. The van der Waals surface area contributed by atoms with Crippen LogP contribution in [0, 0.1) is 0 Å². The van der Waals surface area contributed by atoms with Crippen molar-refractivity contribution in [1.29, 1.82) is 0 Å². The lowest BCUT2D eigenvalue weighted by Crippen LogP contribution is -2.76. The van der Waals surface area contributed by atoms with E-state index in [0.717, 1.165) is 0 Å². The lowest BCUT2D eigenvalue weighted by atomic mass is 9.81. The summed E-state index contributed by atoms with van der Waals surface area (Å²) in [6, 6.07) is 0. The Kier molecular flexibility index (Phi) is 7.20. The van der Waals surface area contributed by atoms with Crippen LogP contribution < -0.4 is 0 Å². The molecule has 2 nitrogen and oxygen atoms in total. The maximum atomic E-state index is 14.2. The molecule has 35 heavy (non-hydrogen) atoms. The number of halogens is 19. The first-order valence-corrected chi connectivity index (χ1v) is 8.43. The van der Waals surface area contributed by atoms with Crippen LogP contribution in [0.25, 0.3) is 0 Å². The fraction of sp³-hybridized carbons (Fsp3) is 0.643. The van der Waals surface area contributed by atoms with E-state index in [-0.39, 0.29) is 0 Å². The van der Waals surface area contributed by atoms with Gasteiger partial charge >= 0.3 is 47.6 Å². The normalized spacial score (nSPS) is 22.2. The standard InChI is InChI=1S/C14H3Cl2F17O2/c15-3-2-6(35,5(16)1-4(3)34)7(17,18)8(19,20)9(21,22)10(23,24)11(25,26)12(27,28)13(29,30)14(31,32)33/h1-2,35H. The Labute approximate surface area is 189 Å². The predicted molar refractivity (Wildman–Crippen MR) is 78.5 cm³/mol. The third-order valence-corrected chi connectivity index (χ3v) is 5.09. The van der Waals surface area contributed by atoms with Crippen LogP contribution in [0.15, 0.2) is 22.2 Å². The van der Waals surface area contributed by atoms with Crippen LogP contribution in [-0.2, 0) is 4.79 Å². The number of alkyl halides is 17. The van der Waals surface area contributed by atoms with E-state index >= 15 is 0 Å². The number of carbonyl (C=O) groups is 1. The van der Waals surface area contributed by atoms with Gasteiger partial charge in [0, 0.05) is 6.08 Å². The summed E-state index contributed by atoms with van der Waals surface area (Å²) in [5, 5.41) is 5.57. The van der Waals surface area contributed by atoms with Gasteiger partial charge in [0.25, 0.3) is 0 Å². The molecular weight excluding hydrogens is 594 g/mol. The molecule has 0 saturated heterocycles. The summed E-state index contributed by atoms with van der Waals surface area (Å²) in [7, 11) is 0. The van der Waals surface area contributed by atoms with Crippen molar-refractivity contribution in [3.8, 4) is 0 Å². The monoisotopic (exact) mass is 596 g/mol. The summed E-state index contributed by atoms with van der Waals surface area (Å²) < 4.78 is 226. The van der Waals surface area contributed by atoms with Crippen molar-refractivity contribution in [2.45, 2.75) is 53.2 Å². The highest BCUT2D eigenvalue weighted by Crippen LogP contribution is 2.65. The van der Waals surface area contributed by atoms with Crippen LogP contribution in [0.2, 0.25) is 0 Å². The summed E-state index contributed by atoms with van der Waals surface area (Å²) in [5.41, 5.74) is -5.23. The van der Waals surface area contributed by atoms with Crippen molar-refractivity contribution in [3.63, 3.8) is 0 Å². The summed E-state index contributed by atoms with van der Waals surface area (Å²) in [4.78, 5) is 11.1. The molecule has 0 saturated carbocycles. The lowest BCUT2D eigenvalue weighted by molar-refractivity contribution is -0.465. The smallest absolute Gasteiger partial charge is 0.374 e. The van der Waals surface area contributed by atoms with E-state index < -0.39 is 81.2 Å². The van der Waals surface area contributed by atoms with Gasteiger partial charge in [-0.05, 0) is 6.08 Å². The van der Waals surface area contributed by atoms with E-state index in [2.05, 4.69) is 0 Å². The van der Waals surface area contributed by atoms with Crippen LogP contribution in [0.1, 0.15) is 0 Å². The highest BCUT2D eigenvalue weighted by Gasteiger charge is 2.96. The van der Waals surface area contributed by atoms with Gasteiger partial charge in [-0.3, -0.25) is 4.79 Å². The molecule has 1 atom stereocenters. The molecule has 0 heterocycles. The molecule has 1 aliphatic rings. The first-order valence-electron chi connectivity index (χ1n) is 7.67. The third-order valence-electron chi connectivity index (χ3n) is 4.39. The number of hydrogen-bond donors (Lipinski definition) is 1. The number of aliphatic hydroxyl groups is 1. The van der Waals surface area contributed by atoms with Gasteiger partial charge < -0.3 is 5.11 Å². The molecule has 0 spiro atoms. The zero-order chi connectivity index (χ0) is 28.6. The van der Waals surface area contributed by atoms with E-state index in [4.69, 9.17) is 23.2 Å².